The SMILES string of the molecule is CCn1nc(C(=O)OCC(=O)Nc2ccc(N=Nc3ccccc3)cc2)c2ccccc2c1=O. The summed E-state index contributed by atoms with van der Waals surface area (Å²) in [4.78, 5) is 37.3. The van der Waals surface area contributed by atoms with Gasteiger partial charge in [-0.15, -0.1) is 0 Å². The van der Waals surface area contributed by atoms with E-state index in [1.54, 1.807) is 55.5 Å². The van der Waals surface area contributed by atoms with Crippen LogP contribution in [0.4, 0.5) is 17.1 Å². The van der Waals surface area contributed by atoms with Crippen LogP contribution >= 0.6 is 0 Å². The molecule has 1 aromatic heterocycles. The Balaban J connectivity index is 1.38. The molecule has 0 saturated heterocycles. The van der Waals surface area contributed by atoms with Crippen LogP contribution < -0.4 is 10.9 Å². The summed E-state index contributed by atoms with van der Waals surface area (Å²) < 4.78 is 6.35. The summed E-state index contributed by atoms with van der Waals surface area (Å²) in [6.45, 7) is 1.54. The van der Waals surface area contributed by atoms with Crippen molar-refractivity contribution >= 4 is 39.7 Å². The molecular formula is C25H21N5O4. The first kappa shape index (κ1) is 22.5. The summed E-state index contributed by atoms with van der Waals surface area (Å²) in [7, 11) is 0. The van der Waals surface area contributed by atoms with Crippen molar-refractivity contribution in [2.45, 2.75) is 13.5 Å². The minimum Gasteiger partial charge on any atom is -0.451 e. The topological polar surface area (TPSA) is 115 Å². The molecule has 1 amide bonds. The van der Waals surface area contributed by atoms with Crippen LogP contribution in [0.5, 0.6) is 0 Å². The molecule has 0 atom stereocenters. The average Bonchev–Trinajstić information content (AvgIpc) is 2.88. The van der Waals surface area contributed by atoms with E-state index in [1.807, 2.05) is 30.3 Å². The molecule has 9 heteroatoms. The van der Waals surface area contributed by atoms with Crippen molar-refractivity contribution in [2.24, 2.45) is 10.2 Å². The molecule has 0 saturated carbocycles. The Labute approximate surface area is 194 Å². The fourth-order valence-corrected chi connectivity index (χ4v) is 3.22. The van der Waals surface area contributed by atoms with E-state index in [2.05, 4.69) is 20.6 Å². The third-order valence-corrected chi connectivity index (χ3v) is 4.88. The van der Waals surface area contributed by atoms with Crippen molar-refractivity contribution in [1.29, 1.82) is 0 Å². The normalized spacial score (nSPS) is 11.0. The zero-order valence-electron chi connectivity index (χ0n) is 18.3. The Bertz CT molecular complexity index is 1410. The molecule has 0 spiro atoms. The number of rotatable bonds is 7. The molecule has 4 rings (SSSR count). The number of carbonyl (C=O) groups is 2. The van der Waals surface area contributed by atoms with Crippen molar-refractivity contribution < 1.29 is 14.3 Å². The van der Waals surface area contributed by atoms with Crippen LogP contribution in [0, 0.1) is 0 Å². The number of ether oxygens (including phenoxy) is 1. The second-order valence-electron chi connectivity index (χ2n) is 7.22. The molecule has 4 aromatic rings. The number of nitrogens with one attached hydrogen (secondary N) is 1. The molecule has 0 fully saturated rings. The highest BCUT2D eigenvalue weighted by molar-refractivity contribution is 6.03. The number of carbonyl (C=O) groups excluding carboxylic acids is 2. The van der Waals surface area contributed by atoms with E-state index in [1.165, 1.54) is 4.68 Å². The van der Waals surface area contributed by atoms with Gasteiger partial charge < -0.3 is 10.1 Å². The Morgan fingerprint density at radius 3 is 2.18 bits per heavy atom. The summed E-state index contributed by atoms with van der Waals surface area (Å²) in [5, 5.41) is 15.8. The molecule has 0 aliphatic carbocycles. The number of nitrogens with zero attached hydrogens (tertiary/aromatic N) is 4. The average molecular weight is 455 g/mol. The van der Waals surface area contributed by atoms with Gasteiger partial charge in [0.05, 0.1) is 16.8 Å². The molecule has 34 heavy (non-hydrogen) atoms. The van der Waals surface area contributed by atoms with Gasteiger partial charge in [0.1, 0.15) is 0 Å². The predicted molar refractivity (Wildman–Crippen MR) is 128 cm³/mol. The summed E-state index contributed by atoms with van der Waals surface area (Å²) in [5.74, 6) is -1.30. The number of esters is 1. The van der Waals surface area contributed by atoms with Crippen LogP contribution in [0.2, 0.25) is 0 Å². The Hall–Kier alpha value is -4.66. The maximum absolute atomic E-state index is 12.6. The van der Waals surface area contributed by atoms with Crippen LogP contribution in [-0.2, 0) is 16.1 Å². The van der Waals surface area contributed by atoms with E-state index in [4.69, 9.17) is 4.74 Å². The van der Waals surface area contributed by atoms with E-state index in [0.29, 0.717) is 28.7 Å². The van der Waals surface area contributed by atoms with Crippen LogP contribution in [0.15, 0.2) is 93.9 Å². The monoisotopic (exact) mass is 455 g/mol. The second kappa shape index (κ2) is 10.3. The lowest BCUT2D eigenvalue weighted by Gasteiger charge is -2.10. The van der Waals surface area contributed by atoms with Crippen LogP contribution in [0.1, 0.15) is 17.4 Å². The standard InChI is InChI=1S/C25H21N5O4/c1-2-30-24(32)21-11-7-6-10-20(21)23(29-30)25(33)34-16-22(31)26-17-12-14-19(15-13-17)28-27-18-8-4-3-5-9-18/h3-15H,2,16H2,1H3,(H,26,31). The van der Waals surface area contributed by atoms with Gasteiger partial charge in [0.2, 0.25) is 0 Å². The van der Waals surface area contributed by atoms with Crippen molar-refractivity contribution in [3.05, 3.63) is 94.9 Å². The number of hydrogen-bond donors (Lipinski definition) is 1. The van der Waals surface area contributed by atoms with Crippen molar-refractivity contribution in [2.75, 3.05) is 11.9 Å². The van der Waals surface area contributed by atoms with Gasteiger partial charge in [-0.2, -0.15) is 15.3 Å². The van der Waals surface area contributed by atoms with Gasteiger partial charge in [-0.3, -0.25) is 9.59 Å². The Morgan fingerprint density at radius 2 is 1.50 bits per heavy atom. The fraction of sp³-hybridized carbons (Fsp3) is 0.120. The number of aryl methyl sites for hydroxylation is 1. The van der Waals surface area contributed by atoms with Crippen LogP contribution in [-0.4, -0.2) is 28.3 Å². The Kier molecular flexibility index (Phi) is 6.83. The number of anilines is 1. The lowest BCUT2D eigenvalue weighted by Crippen LogP contribution is -2.27. The van der Waals surface area contributed by atoms with Crippen LogP contribution in [0.25, 0.3) is 10.8 Å². The second-order valence-corrected chi connectivity index (χ2v) is 7.22. The van der Waals surface area contributed by atoms with E-state index in [0.717, 1.165) is 5.69 Å². The number of fused-ring (bicyclic) bond motifs is 1. The predicted octanol–water partition coefficient (Wildman–Crippen LogP) is 4.63. The zero-order valence-corrected chi connectivity index (χ0v) is 18.3. The van der Waals surface area contributed by atoms with Gasteiger partial charge in [0, 0.05) is 17.6 Å². The van der Waals surface area contributed by atoms with Crippen molar-refractivity contribution in [3.63, 3.8) is 0 Å². The minimum absolute atomic E-state index is 0.0158. The highest BCUT2D eigenvalue weighted by Crippen LogP contribution is 2.20. The summed E-state index contributed by atoms with van der Waals surface area (Å²) in [6.07, 6.45) is 0. The molecule has 1 heterocycles. The van der Waals surface area contributed by atoms with E-state index < -0.39 is 18.5 Å². The third kappa shape index (κ3) is 5.21. The van der Waals surface area contributed by atoms with Gasteiger partial charge in [0.15, 0.2) is 12.3 Å². The zero-order chi connectivity index (χ0) is 23.9. The van der Waals surface area contributed by atoms with Crippen LogP contribution in [0.3, 0.4) is 0 Å². The van der Waals surface area contributed by atoms with Gasteiger partial charge in [-0.25, -0.2) is 9.48 Å². The van der Waals surface area contributed by atoms with Gasteiger partial charge in [-0.05, 0) is 49.4 Å². The summed E-state index contributed by atoms with van der Waals surface area (Å²) >= 11 is 0. The molecule has 0 aliphatic rings. The fourth-order valence-electron chi connectivity index (χ4n) is 3.22. The van der Waals surface area contributed by atoms with Crippen molar-refractivity contribution in [3.8, 4) is 0 Å². The molecule has 0 radical (unpaired) electrons. The number of aromatic nitrogens is 2. The minimum atomic E-state index is -0.787. The first-order chi connectivity index (χ1) is 16.5. The molecule has 0 unspecified atom stereocenters. The summed E-state index contributed by atoms with van der Waals surface area (Å²) in [5.41, 5.74) is 1.57. The van der Waals surface area contributed by atoms with E-state index >= 15 is 0 Å². The third-order valence-electron chi connectivity index (χ3n) is 4.88. The van der Waals surface area contributed by atoms with Crippen molar-refractivity contribution in [1.82, 2.24) is 9.78 Å². The molecule has 1 N–H and O–H groups in total. The highest BCUT2D eigenvalue weighted by atomic mass is 16.5. The highest BCUT2D eigenvalue weighted by Gasteiger charge is 2.18. The van der Waals surface area contributed by atoms with Gasteiger partial charge in [0.25, 0.3) is 11.5 Å². The number of amides is 1. The number of hydrogen-bond acceptors (Lipinski definition) is 7. The van der Waals surface area contributed by atoms with Gasteiger partial charge in [-0.1, -0.05) is 36.4 Å². The molecule has 3 aromatic carbocycles. The lowest BCUT2D eigenvalue weighted by atomic mass is 10.1. The maximum atomic E-state index is 12.6. The van der Waals surface area contributed by atoms with E-state index in [9.17, 15) is 14.4 Å². The van der Waals surface area contributed by atoms with E-state index in [-0.39, 0.29) is 11.3 Å². The lowest BCUT2D eigenvalue weighted by molar-refractivity contribution is -0.119. The molecule has 0 aliphatic heterocycles. The quantitative estimate of drug-likeness (QED) is 0.322. The molecular weight excluding hydrogens is 434 g/mol. The molecule has 9 nitrogen and oxygen atoms in total. The molecule has 170 valence electrons. The van der Waals surface area contributed by atoms with Gasteiger partial charge >= 0.3 is 5.97 Å². The number of benzene rings is 3. The first-order valence-corrected chi connectivity index (χ1v) is 10.6. The summed E-state index contributed by atoms with van der Waals surface area (Å²) in [6, 6.07) is 22.7. The first-order valence-electron chi connectivity index (χ1n) is 10.6. The smallest absolute Gasteiger partial charge is 0.359 e. The maximum Gasteiger partial charge on any atom is 0.359 e. The molecule has 0 bridgehead atoms. The number of azo groups is 1. The Morgan fingerprint density at radius 1 is 0.882 bits per heavy atom. The largest absolute Gasteiger partial charge is 0.451 e.